The fraction of sp³-hybridized carbons (Fsp3) is 0.333. The molecular formula is C18H18BrClO3. The van der Waals surface area contributed by atoms with E-state index in [0.29, 0.717) is 22.7 Å². The van der Waals surface area contributed by atoms with Crippen LogP contribution in [0.15, 0.2) is 48.5 Å². The fourth-order valence-electron chi connectivity index (χ4n) is 2.55. The molecule has 0 saturated carbocycles. The number of ether oxygens (including phenoxy) is 3. The van der Waals surface area contributed by atoms with Gasteiger partial charge in [-0.2, -0.15) is 0 Å². The third-order valence-electron chi connectivity index (χ3n) is 3.83. The molecule has 2 atom stereocenters. The van der Waals surface area contributed by atoms with Crippen LogP contribution in [0, 0.1) is 0 Å². The van der Waals surface area contributed by atoms with Crippen molar-refractivity contribution in [3.8, 4) is 11.5 Å². The summed E-state index contributed by atoms with van der Waals surface area (Å²) in [6.07, 6.45) is 1.01. The largest absolute Gasteiger partial charge is 0.457 e. The SMILES string of the molecule is CCC1COC(CBr)(c2ccccc2Oc2ccc(Cl)cc2)O1. The van der Waals surface area contributed by atoms with Gasteiger partial charge in [0.2, 0.25) is 5.79 Å². The van der Waals surface area contributed by atoms with E-state index in [9.17, 15) is 0 Å². The van der Waals surface area contributed by atoms with Gasteiger partial charge in [0.05, 0.1) is 23.6 Å². The Morgan fingerprint density at radius 3 is 2.61 bits per heavy atom. The van der Waals surface area contributed by atoms with Crippen LogP contribution < -0.4 is 4.74 Å². The molecule has 5 heteroatoms. The van der Waals surface area contributed by atoms with Gasteiger partial charge in [-0.25, -0.2) is 0 Å². The molecule has 1 aliphatic rings. The van der Waals surface area contributed by atoms with E-state index in [2.05, 4.69) is 22.9 Å². The zero-order valence-electron chi connectivity index (χ0n) is 12.8. The van der Waals surface area contributed by atoms with Gasteiger partial charge in [0, 0.05) is 5.02 Å². The number of para-hydroxylation sites is 1. The lowest BCUT2D eigenvalue weighted by molar-refractivity contribution is -0.157. The summed E-state index contributed by atoms with van der Waals surface area (Å²) in [7, 11) is 0. The van der Waals surface area contributed by atoms with Crippen LogP contribution in [0.5, 0.6) is 11.5 Å². The summed E-state index contributed by atoms with van der Waals surface area (Å²) in [5, 5.41) is 1.22. The topological polar surface area (TPSA) is 27.7 Å². The van der Waals surface area contributed by atoms with Gasteiger partial charge in [-0.05, 0) is 42.8 Å². The molecule has 0 N–H and O–H groups in total. The van der Waals surface area contributed by atoms with Crippen LogP contribution in [0.3, 0.4) is 0 Å². The Labute approximate surface area is 149 Å². The molecule has 0 amide bonds. The molecule has 0 radical (unpaired) electrons. The number of halogens is 2. The van der Waals surface area contributed by atoms with Gasteiger partial charge in [-0.3, -0.25) is 0 Å². The molecule has 2 aromatic rings. The first-order valence-corrected chi connectivity index (χ1v) is 9.07. The van der Waals surface area contributed by atoms with Crippen LogP contribution >= 0.6 is 27.5 Å². The van der Waals surface area contributed by atoms with E-state index in [1.54, 1.807) is 12.1 Å². The van der Waals surface area contributed by atoms with E-state index in [1.807, 2.05) is 36.4 Å². The van der Waals surface area contributed by atoms with Crippen molar-refractivity contribution in [1.29, 1.82) is 0 Å². The minimum Gasteiger partial charge on any atom is -0.457 e. The van der Waals surface area contributed by atoms with Crippen molar-refractivity contribution in [2.75, 3.05) is 11.9 Å². The zero-order valence-corrected chi connectivity index (χ0v) is 15.1. The summed E-state index contributed by atoms with van der Waals surface area (Å²) < 4.78 is 18.2. The van der Waals surface area contributed by atoms with E-state index >= 15 is 0 Å². The zero-order chi connectivity index (χ0) is 16.3. The molecule has 23 heavy (non-hydrogen) atoms. The van der Waals surface area contributed by atoms with Gasteiger partial charge >= 0.3 is 0 Å². The Morgan fingerprint density at radius 1 is 1.22 bits per heavy atom. The molecule has 2 unspecified atom stereocenters. The molecule has 0 aromatic heterocycles. The molecule has 2 aromatic carbocycles. The molecule has 1 fully saturated rings. The number of rotatable bonds is 5. The van der Waals surface area contributed by atoms with E-state index in [4.69, 9.17) is 25.8 Å². The van der Waals surface area contributed by atoms with Crippen molar-refractivity contribution in [3.63, 3.8) is 0 Å². The van der Waals surface area contributed by atoms with Crippen LogP contribution in [0.2, 0.25) is 5.02 Å². The standard InChI is InChI=1S/C18H18BrClO3/c1-2-14-11-21-18(12-19,23-14)16-5-3-4-6-17(16)22-15-9-7-13(20)8-10-15/h3-10,14H,2,11-12H2,1H3. The van der Waals surface area contributed by atoms with Gasteiger partial charge in [0.15, 0.2) is 0 Å². The molecule has 3 rings (SSSR count). The van der Waals surface area contributed by atoms with Gasteiger partial charge in [0.1, 0.15) is 11.5 Å². The number of alkyl halides is 1. The van der Waals surface area contributed by atoms with Crippen molar-refractivity contribution >= 4 is 27.5 Å². The number of hydrogen-bond acceptors (Lipinski definition) is 3. The summed E-state index contributed by atoms with van der Waals surface area (Å²) in [6, 6.07) is 15.1. The summed E-state index contributed by atoms with van der Waals surface area (Å²) in [4.78, 5) is 0. The van der Waals surface area contributed by atoms with E-state index in [-0.39, 0.29) is 6.10 Å². The van der Waals surface area contributed by atoms with Gasteiger partial charge < -0.3 is 14.2 Å². The summed E-state index contributed by atoms with van der Waals surface area (Å²) in [5.41, 5.74) is 0.878. The van der Waals surface area contributed by atoms with Crippen LogP contribution in [-0.4, -0.2) is 18.0 Å². The predicted molar refractivity (Wildman–Crippen MR) is 94.6 cm³/mol. The normalized spacial score (nSPS) is 23.9. The smallest absolute Gasteiger partial charge is 0.208 e. The molecular weight excluding hydrogens is 380 g/mol. The van der Waals surface area contributed by atoms with Crippen LogP contribution in [0.1, 0.15) is 18.9 Å². The highest BCUT2D eigenvalue weighted by Gasteiger charge is 2.43. The first-order chi connectivity index (χ1) is 11.2. The summed E-state index contributed by atoms with van der Waals surface area (Å²) in [6.45, 7) is 2.67. The highest BCUT2D eigenvalue weighted by atomic mass is 79.9. The molecule has 122 valence electrons. The maximum absolute atomic E-state index is 6.16. The maximum atomic E-state index is 6.16. The van der Waals surface area contributed by atoms with E-state index < -0.39 is 5.79 Å². The highest BCUT2D eigenvalue weighted by molar-refractivity contribution is 9.09. The summed E-state index contributed by atoms with van der Waals surface area (Å²) >= 11 is 9.46. The second-order valence-corrected chi connectivity index (χ2v) is 6.39. The van der Waals surface area contributed by atoms with Crippen molar-refractivity contribution in [3.05, 3.63) is 59.1 Å². The van der Waals surface area contributed by atoms with Crippen LogP contribution in [0.25, 0.3) is 0 Å². The average molecular weight is 398 g/mol. The highest BCUT2D eigenvalue weighted by Crippen LogP contribution is 2.42. The number of benzene rings is 2. The Kier molecular flexibility index (Phi) is 5.27. The Morgan fingerprint density at radius 2 is 1.96 bits per heavy atom. The maximum Gasteiger partial charge on any atom is 0.208 e. The second kappa shape index (κ2) is 7.22. The third-order valence-corrected chi connectivity index (χ3v) is 4.82. The molecule has 1 saturated heterocycles. The predicted octanol–water partition coefficient (Wildman–Crippen LogP) is 5.51. The monoisotopic (exact) mass is 396 g/mol. The lowest BCUT2D eigenvalue weighted by atomic mass is 10.1. The minimum absolute atomic E-state index is 0.0936. The van der Waals surface area contributed by atoms with Crippen molar-refractivity contribution in [2.45, 2.75) is 25.2 Å². The lowest BCUT2D eigenvalue weighted by Crippen LogP contribution is -2.30. The van der Waals surface area contributed by atoms with Gasteiger partial charge in [0.25, 0.3) is 0 Å². The van der Waals surface area contributed by atoms with Crippen molar-refractivity contribution in [1.82, 2.24) is 0 Å². The molecule has 1 heterocycles. The Hall–Kier alpha value is -1.07. The molecule has 3 nitrogen and oxygen atoms in total. The van der Waals surface area contributed by atoms with E-state index in [1.165, 1.54) is 0 Å². The molecule has 0 spiro atoms. The quantitative estimate of drug-likeness (QED) is 0.623. The number of hydrogen-bond donors (Lipinski definition) is 0. The first-order valence-electron chi connectivity index (χ1n) is 7.57. The van der Waals surface area contributed by atoms with Gasteiger partial charge in [-0.15, -0.1) is 0 Å². The first kappa shape index (κ1) is 16.8. The molecule has 1 aliphatic heterocycles. The lowest BCUT2D eigenvalue weighted by Gasteiger charge is -2.28. The fourth-order valence-corrected chi connectivity index (χ4v) is 3.27. The average Bonchev–Trinajstić information content (AvgIpc) is 3.02. The Balaban J connectivity index is 1.92. The van der Waals surface area contributed by atoms with E-state index in [0.717, 1.165) is 17.7 Å². The van der Waals surface area contributed by atoms with Gasteiger partial charge in [-0.1, -0.05) is 46.6 Å². The minimum atomic E-state index is -0.816. The van der Waals surface area contributed by atoms with Crippen LogP contribution in [0.4, 0.5) is 0 Å². The Bertz CT molecular complexity index is 662. The summed E-state index contributed by atoms with van der Waals surface area (Å²) in [5.74, 6) is 0.617. The van der Waals surface area contributed by atoms with Crippen LogP contribution in [-0.2, 0) is 15.3 Å². The molecule has 0 aliphatic carbocycles. The van der Waals surface area contributed by atoms with Crippen molar-refractivity contribution in [2.24, 2.45) is 0 Å². The molecule has 0 bridgehead atoms. The third kappa shape index (κ3) is 3.56. The van der Waals surface area contributed by atoms with Crippen molar-refractivity contribution < 1.29 is 14.2 Å². The second-order valence-electron chi connectivity index (χ2n) is 5.40.